The van der Waals surface area contributed by atoms with Gasteiger partial charge < -0.3 is 9.09 Å². The Bertz CT molecular complexity index is 511. The first-order valence-corrected chi connectivity index (χ1v) is 5.45. The van der Waals surface area contributed by atoms with Gasteiger partial charge >= 0.3 is 0 Å². The highest BCUT2D eigenvalue weighted by atomic mass is 16.5. The molecule has 0 radical (unpaired) electrons. The van der Waals surface area contributed by atoms with Crippen LogP contribution in [0.3, 0.4) is 0 Å². The second kappa shape index (κ2) is 3.63. The molecule has 82 valence electrons. The quantitative estimate of drug-likeness (QED) is 0.771. The van der Waals surface area contributed by atoms with Crippen LogP contribution < -0.4 is 0 Å². The first-order valence-electron chi connectivity index (χ1n) is 5.45. The van der Waals surface area contributed by atoms with Crippen LogP contribution in [0.25, 0.3) is 0 Å². The lowest BCUT2D eigenvalue weighted by molar-refractivity contribution is 0.0971. The Morgan fingerprint density at radius 3 is 3.12 bits per heavy atom. The summed E-state index contributed by atoms with van der Waals surface area (Å²) < 4.78 is 7.15. The highest BCUT2D eigenvalue weighted by molar-refractivity contribution is 5.98. The van der Waals surface area contributed by atoms with E-state index in [1.165, 1.54) is 0 Å². The molecule has 0 spiro atoms. The molecule has 1 aliphatic rings. The van der Waals surface area contributed by atoms with Crippen molar-refractivity contribution in [2.75, 3.05) is 0 Å². The van der Waals surface area contributed by atoms with Crippen molar-refractivity contribution in [2.24, 2.45) is 0 Å². The molecule has 2 heterocycles. The minimum absolute atomic E-state index is 0.262. The second-order valence-electron chi connectivity index (χ2n) is 4.06. The van der Waals surface area contributed by atoms with Crippen LogP contribution >= 0.6 is 0 Å². The van der Waals surface area contributed by atoms with Gasteiger partial charge in [-0.3, -0.25) is 4.79 Å². The Labute approximate surface area is 92.9 Å². The van der Waals surface area contributed by atoms with Crippen molar-refractivity contribution < 1.29 is 9.32 Å². The van der Waals surface area contributed by atoms with Crippen molar-refractivity contribution in [3.8, 4) is 0 Å². The summed E-state index contributed by atoms with van der Waals surface area (Å²) in [5.41, 5.74) is 2.01. The number of Topliss-reactive ketones (excluding diaryl/α,β-unsaturated/α-hetero) is 1. The van der Waals surface area contributed by atoms with E-state index < -0.39 is 0 Å². The number of fused-ring (bicyclic) bond motifs is 1. The van der Waals surface area contributed by atoms with Crippen molar-refractivity contribution in [3.05, 3.63) is 41.5 Å². The monoisotopic (exact) mass is 216 g/mol. The van der Waals surface area contributed by atoms with Gasteiger partial charge in [-0.1, -0.05) is 5.16 Å². The number of rotatable bonds is 2. The molecule has 1 aliphatic carbocycles. The molecule has 0 saturated heterocycles. The molecule has 16 heavy (non-hydrogen) atoms. The maximum absolute atomic E-state index is 11.7. The standard InChI is InChI=1S/C12H12N2O2/c15-12-3-1-2-11-10(12)5-7-14(11)8-9-4-6-13-16-9/h4-7H,1-3,8H2. The number of hydrogen-bond acceptors (Lipinski definition) is 3. The van der Waals surface area contributed by atoms with Crippen molar-refractivity contribution in [1.82, 2.24) is 9.72 Å². The third-order valence-corrected chi connectivity index (χ3v) is 3.01. The molecule has 0 atom stereocenters. The molecule has 0 saturated carbocycles. The molecule has 0 aromatic carbocycles. The number of hydrogen-bond donors (Lipinski definition) is 0. The van der Waals surface area contributed by atoms with Gasteiger partial charge in [0.1, 0.15) is 0 Å². The summed E-state index contributed by atoms with van der Waals surface area (Å²) in [6, 6.07) is 3.75. The van der Waals surface area contributed by atoms with Crippen LogP contribution in [0.5, 0.6) is 0 Å². The maximum Gasteiger partial charge on any atom is 0.164 e. The molecule has 4 nitrogen and oxygen atoms in total. The largest absolute Gasteiger partial charge is 0.359 e. The Morgan fingerprint density at radius 1 is 1.38 bits per heavy atom. The molecule has 0 aliphatic heterocycles. The predicted octanol–water partition coefficient (Wildman–Crippen LogP) is 2.04. The minimum Gasteiger partial charge on any atom is -0.359 e. The third-order valence-electron chi connectivity index (χ3n) is 3.01. The number of ketones is 1. The van der Waals surface area contributed by atoms with E-state index in [2.05, 4.69) is 9.72 Å². The molecule has 3 rings (SSSR count). The summed E-state index contributed by atoms with van der Waals surface area (Å²) >= 11 is 0. The van der Waals surface area contributed by atoms with E-state index >= 15 is 0 Å². The highest BCUT2D eigenvalue weighted by Crippen LogP contribution is 2.22. The van der Waals surface area contributed by atoms with Crippen LogP contribution in [0.15, 0.2) is 29.0 Å². The lowest BCUT2D eigenvalue weighted by atomic mass is 9.97. The zero-order valence-electron chi connectivity index (χ0n) is 8.85. The van der Waals surface area contributed by atoms with Gasteiger partial charge in [0.25, 0.3) is 0 Å². The molecular formula is C12H12N2O2. The first kappa shape index (κ1) is 9.39. The molecule has 0 fully saturated rings. The van der Waals surface area contributed by atoms with Crippen molar-refractivity contribution in [3.63, 3.8) is 0 Å². The van der Waals surface area contributed by atoms with Gasteiger partial charge in [-0.25, -0.2) is 0 Å². The highest BCUT2D eigenvalue weighted by Gasteiger charge is 2.20. The van der Waals surface area contributed by atoms with Gasteiger partial charge in [0, 0.05) is 29.9 Å². The lowest BCUT2D eigenvalue weighted by Crippen LogP contribution is -2.13. The van der Waals surface area contributed by atoms with E-state index in [0.29, 0.717) is 13.0 Å². The predicted molar refractivity (Wildman–Crippen MR) is 57.3 cm³/mol. The summed E-state index contributed by atoms with van der Waals surface area (Å²) in [6.45, 7) is 0.655. The van der Waals surface area contributed by atoms with Gasteiger partial charge in [0.05, 0.1) is 12.7 Å². The number of carbonyl (C=O) groups is 1. The van der Waals surface area contributed by atoms with Crippen LogP contribution in [0, 0.1) is 0 Å². The van der Waals surface area contributed by atoms with Crippen molar-refractivity contribution in [2.45, 2.75) is 25.8 Å². The van der Waals surface area contributed by atoms with Crippen LogP contribution in [0.4, 0.5) is 0 Å². The Balaban J connectivity index is 1.94. The smallest absolute Gasteiger partial charge is 0.164 e. The molecule has 2 aromatic rings. The summed E-state index contributed by atoms with van der Waals surface area (Å²) in [4.78, 5) is 11.7. The summed E-state index contributed by atoms with van der Waals surface area (Å²) in [5.74, 6) is 1.08. The van der Waals surface area contributed by atoms with Gasteiger partial charge in [0.2, 0.25) is 0 Å². The van der Waals surface area contributed by atoms with E-state index in [1.807, 2.05) is 18.3 Å². The number of aromatic nitrogens is 2. The summed E-state index contributed by atoms with van der Waals surface area (Å²) in [6.07, 6.45) is 6.20. The average Bonchev–Trinajstić information content (AvgIpc) is 2.90. The molecule has 0 bridgehead atoms. The molecule has 0 amide bonds. The fourth-order valence-corrected chi connectivity index (χ4v) is 2.23. The Hall–Kier alpha value is -1.84. The normalized spacial score (nSPS) is 15.1. The molecule has 4 heteroatoms. The van der Waals surface area contributed by atoms with E-state index in [1.54, 1.807) is 6.20 Å². The first-order chi connectivity index (χ1) is 7.84. The Kier molecular flexibility index (Phi) is 2.13. The van der Waals surface area contributed by atoms with Crippen LogP contribution in [-0.2, 0) is 13.0 Å². The third kappa shape index (κ3) is 1.46. The van der Waals surface area contributed by atoms with Gasteiger partial charge in [-0.05, 0) is 18.9 Å². The molecule has 0 unspecified atom stereocenters. The van der Waals surface area contributed by atoms with Crippen molar-refractivity contribution in [1.29, 1.82) is 0 Å². The van der Waals surface area contributed by atoms with E-state index in [4.69, 9.17) is 4.52 Å². The maximum atomic E-state index is 11.7. The molecule has 0 N–H and O–H groups in total. The van der Waals surface area contributed by atoms with Crippen LogP contribution in [0.1, 0.15) is 34.7 Å². The summed E-state index contributed by atoms with van der Waals surface area (Å²) in [5, 5.41) is 3.67. The number of carbonyl (C=O) groups excluding carboxylic acids is 1. The number of nitrogens with zero attached hydrogens (tertiary/aromatic N) is 2. The van der Waals surface area contributed by atoms with Gasteiger partial charge in [-0.2, -0.15) is 0 Å². The fraction of sp³-hybridized carbons (Fsp3) is 0.333. The van der Waals surface area contributed by atoms with Gasteiger partial charge in [0.15, 0.2) is 11.5 Å². The molecule has 2 aromatic heterocycles. The minimum atomic E-state index is 0.262. The summed E-state index contributed by atoms with van der Waals surface area (Å²) in [7, 11) is 0. The topological polar surface area (TPSA) is 48.0 Å². The molecular weight excluding hydrogens is 204 g/mol. The second-order valence-corrected chi connectivity index (χ2v) is 4.06. The van der Waals surface area contributed by atoms with E-state index in [9.17, 15) is 4.79 Å². The average molecular weight is 216 g/mol. The Morgan fingerprint density at radius 2 is 2.31 bits per heavy atom. The zero-order valence-corrected chi connectivity index (χ0v) is 8.85. The van der Waals surface area contributed by atoms with Crippen molar-refractivity contribution >= 4 is 5.78 Å². The van der Waals surface area contributed by atoms with Gasteiger partial charge in [-0.15, -0.1) is 0 Å². The SMILES string of the molecule is O=C1CCCc2c1ccn2Cc1ccno1. The lowest BCUT2D eigenvalue weighted by Gasteiger charge is -2.13. The zero-order chi connectivity index (χ0) is 11.0. The van der Waals surface area contributed by atoms with Crippen LogP contribution in [-0.4, -0.2) is 15.5 Å². The van der Waals surface area contributed by atoms with E-state index in [0.717, 1.165) is 29.9 Å². The fourth-order valence-electron chi connectivity index (χ4n) is 2.23. The van der Waals surface area contributed by atoms with Crippen LogP contribution in [0.2, 0.25) is 0 Å². The van der Waals surface area contributed by atoms with E-state index in [-0.39, 0.29) is 5.78 Å².